The number of para-hydroxylation sites is 1. The van der Waals surface area contributed by atoms with E-state index < -0.39 is 10.9 Å². The van der Waals surface area contributed by atoms with Crippen LogP contribution in [0.2, 0.25) is 0 Å². The maximum absolute atomic E-state index is 11.6. The molecule has 2 aromatic carbocycles. The van der Waals surface area contributed by atoms with Gasteiger partial charge in [0.2, 0.25) is 5.91 Å². The van der Waals surface area contributed by atoms with Crippen LogP contribution in [0.5, 0.6) is 0 Å². The Labute approximate surface area is 141 Å². The molecule has 0 radical (unpaired) electrons. The number of carbonyl (C=O) groups is 2. The molecule has 8 nitrogen and oxygen atoms in total. The van der Waals surface area contributed by atoms with Gasteiger partial charge in [-0.1, -0.05) is 24.3 Å². The molecule has 0 atom stereocenters. The second kappa shape index (κ2) is 6.08. The molecule has 0 bridgehead atoms. The van der Waals surface area contributed by atoms with E-state index in [1.807, 2.05) is 0 Å². The van der Waals surface area contributed by atoms with Crippen LogP contribution in [0.1, 0.15) is 17.4 Å². The van der Waals surface area contributed by atoms with Crippen molar-refractivity contribution in [2.75, 3.05) is 5.32 Å². The number of aromatic amines is 1. The second-order valence-corrected chi connectivity index (χ2v) is 5.40. The maximum Gasteiger partial charge on any atom is 0.352 e. The van der Waals surface area contributed by atoms with Crippen molar-refractivity contribution in [3.63, 3.8) is 0 Å². The molecule has 1 heterocycles. The number of hydrogen-bond acceptors (Lipinski definition) is 4. The molecule has 1 aromatic heterocycles. The minimum atomic E-state index is -1.23. The number of carboxylic acid groups (broad SMARTS) is 1. The van der Waals surface area contributed by atoms with Crippen LogP contribution in [0.15, 0.2) is 42.5 Å². The average molecular weight is 339 g/mol. The number of nitrogens with one attached hydrogen (secondary N) is 2. The third-order valence-electron chi connectivity index (χ3n) is 3.69. The highest BCUT2D eigenvalue weighted by Gasteiger charge is 2.23. The number of H-pyrrole nitrogens is 1. The van der Waals surface area contributed by atoms with Gasteiger partial charge in [0.15, 0.2) is 0 Å². The Morgan fingerprint density at radius 1 is 1.20 bits per heavy atom. The molecule has 1 amide bonds. The van der Waals surface area contributed by atoms with Crippen LogP contribution < -0.4 is 5.32 Å². The first kappa shape index (κ1) is 16.2. The summed E-state index contributed by atoms with van der Waals surface area (Å²) >= 11 is 0. The highest BCUT2D eigenvalue weighted by molar-refractivity contribution is 6.10. The number of nitro benzene ring substituents is 1. The van der Waals surface area contributed by atoms with Gasteiger partial charge in [-0.3, -0.25) is 14.9 Å². The Morgan fingerprint density at radius 3 is 2.56 bits per heavy atom. The molecule has 0 fully saturated rings. The lowest BCUT2D eigenvalue weighted by molar-refractivity contribution is -0.383. The van der Waals surface area contributed by atoms with Crippen molar-refractivity contribution >= 4 is 34.2 Å². The minimum absolute atomic E-state index is 0.143. The summed E-state index contributed by atoms with van der Waals surface area (Å²) in [7, 11) is 0. The van der Waals surface area contributed by atoms with E-state index in [-0.39, 0.29) is 22.8 Å². The summed E-state index contributed by atoms with van der Waals surface area (Å²) in [6.07, 6.45) is 0. The molecule has 0 aliphatic rings. The van der Waals surface area contributed by atoms with Crippen molar-refractivity contribution in [2.24, 2.45) is 0 Å². The summed E-state index contributed by atoms with van der Waals surface area (Å²) in [5.41, 5.74) is 1.15. The monoisotopic (exact) mass is 339 g/mol. The molecule has 0 unspecified atom stereocenters. The number of amides is 1. The number of aromatic carboxylic acids is 1. The minimum Gasteiger partial charge on any atom is -0.477 e. The van der Waals surface area contributed by atoms with Crippen molar-refractivity contribution in [1.82, 2.24) is 4.98 Å². The van der Waals surface area contributed by atoms with Crippen molar-refractivity contribution in [2.45, 2.75) is 6.92 Å². The van der Waals surface area contributed by atoms with E-state index in [1.54, 1.807) is 30.3 Å². The molecule has 0 spiro atoms. The maximum atomic E-state index is 11.6. The molecule has 3 aromatic rings. The van der Waals surface area contributed by atoms with Gasteiger partial charge in [0.05, 0.1) is 4.92 Å². The number of non-ortho nitro benzene ring substituents is 1. The lowest BCUT2D eigenvalue weighted by Crippen LogP contribution is -2.05. The zero-order valence-corrected chi connectivity index (χ0v) is 13.1. The molecular weight excluding hydrogens is 326 g/mol. The summed E-state index contributed by atoms with van der Waals surface area (Å²) in [6, 6.07) is 11.1. The van der Waals surface area contributed by atoms with Crippen LogP contribution in [0, 0.1) is 10.1 Å². The second-order valence-electron chi connectivity index (χ2n) is 5.40. The lowest BCUT2D eigenvalue weighted by Gasteiger charge is -2.06. The predicted molar refractivity (Wildman–Crippen MR) is 91.7 cm³/mol. The van der Waals surface area contributed by atoms with E-state index in [2.05, 4.69) is 10.3 Å². The Bertz CT molecular complexity index is 1020. The first-order valence-electron chi connectivity index (χ1n) is 7.29. The first-order valence-corrected chi connectivity index (χ1v) is 7.29. The summed E-state index contributed by atoms with van der Waals surface area (Å²) in [4.78, 5) is 36.2. The lowest BCUT2D eigenvalue weighted by atomic mass is 10.0. The van der Waals surface area contributed by atoms with Crippen LogP contribution in [0.3, 0.4) is 0 Å². The fourth-order valence-corrected chi connectivity index (χ4v) is 2.77. The number of nitro groups is 1. The van der Waals surface area contributed by atoms with Gasteiger partial charge in [0.25, 0.3) is 5.69 Å². The third-order valence-corrected chi connectivity index (χ3v) is 3.69. The molecule has 8 heteroatoms. The molecule has 3 rings (SSSR count). The number of carboxylic acids is 1. The van der Waals surface area contributed by atoms with Gasteiger partial charge in [0, 0.05) is 29.6 Å². The number of aromatic nitrogens is 1. The third kappa shape index (κ3) is 2.92. The zero-order chi connectivity index (χ0) is 18.1. The van der Waals surface area contributed by atoms with Gasteiger partial charge >= 0.3 is 5.97 Å². The molecule has 0 aliphatic carbocycles. The standard InChI is InChI=1S/C17H13N3O5/c1-9(21)18-11-5-2-4-10(8-11)14-12-6-3-7-13(20(24)25)15(12)19-16(14)17(22)23/h2-8,19H,1H3,(H,18,21)(H,22,23). The molecule has 3 N–H and O–H groups in total. The molecule has 126 valence electrons. The highest BCUT2D eigenvalue weighted by atomic mass is 16.6. The Balaban J connectivity index is 2.30. The molecule has 0 aliphatic heterocycles. The highest BCUT2D eigenvalue weighted by Crippen LogP contribution is 2.37. The van der Waals surface area contributed by atoms with Crippen molar-refractivity contribution < 1.29 is 19.6 Å². The van der Waals surface area contributed by atoms with Crippen LogP contribution in [0.4, 0.5) is 11.4 Å². The van der Waals surface area contributed by atoms with Crippen molar-refractivity contribution in [3.05, 3.63) is 58.3 Å². The summed E-state index contributed by atoms with van der Waals surface area (Å²) in [5, 5.41) is 23.8. The van der Waals surface area contributed by atoms with Crippen LogP contribution >= 0.6 is 0 Å². The Hall–Kier alpha value is -3.68. The fourth-order valence-electron chi connectivity index (χ4n) is 2.77. The molecule has 25 heavy (non-hydrogen) atoms. The number of hydrogen-bond donors (Lipinski definition) is 3. The van der Waals surface area contributed by atoms with Crippen LogP contribution in [-0.2, 0) is 4.79 Å². The number of anilines is 1. The normalized spacial score (nSPS) is 10.6. The van der Waals surface area contributed by atoms with E-state index in [1.165, 1.54) is 19.1 Å². The van der Waals surface area contributed by atoms with Crippen molar-refractivity contribution in [3.8, 4) is 11.1 Å². The number of benzene rings is 2. The summed E-state index contributed by atoms with van der Waals surface area (Å²) in [5.74, 6) is -1.49. The van der Waals surface area contributed by atoms with Gasteiger partial charge < -0.3 is 15.4 Å². The van der Waals surface area contributed by atoms with E-state index in [9.17, 15) is 24.8 Å². The van der Waals surface area contributed by atoms with Gasteiger partial charge in [-0.2, -0.15) is 0 Å². The summed E-state index contributed by atoms with van der Waals surface area (Å²) in [6.45, 7) is 1.37. The predicted octanol–water partition coefficient (Wildman–Crippen LogP) is 3.40. The van der Waals surface area contributed by atoms with E-state index in [4.69, 9.17) is 0 Å². The van der Waals surface area contributed by atoms with Crippen LogP contribution in [-0.4, -0.2) is 26.9 Å². The molecule has 0 saturated carbocycles. The van der Waals surface area contributed by atoms with Gasteiger partial charge in [-0.25, -0.2) is 4.79 Å². The topological polar surface area (TPSA) is 125 Å². The van der Waals surface area contributed by atoms with Crippen molar-refractivity contribution in [1.29, 1.82) is 0 Å². The van der Waals surface area contributed by atoms with E-state index in [0.717, 1.165) is 0 Å². The summed E-state index contributed by atoms with van der Waals surface area (Å²) < 4.78 is 0. The largest absolute Gasteiger partial charge is 0.477 e. The quantitative estimate of drug-likeness (QED) is 0.496. The zero-order valence-electron chi connectivity index (χ0n) is 13.1. The van der Waals surface area contributed by atoms with E-state index >= 15 is 0 Å². The molecule has 0 saturated heterocycles. The first-order chi connectivity index (χ1) is 11.9. The SMILES string of the molecule is CC(=O)Nc1cccc(-c2c(C(=O)O)[nH]c3c([N+](=O)[O-])cccc23)c1. The molecular formula is C17H13N3O5. The number of rotatable bonds is 4. The number of fused-ring (bicyclic) bond motifs is 1. The number of nitrogens with zero attached hydrogens (tertiary/aromatic N) is 1. The van der Waals surface area contributed by atoms with Gasteiger partial charge in [0.1, 0.15) is 11.2 Å². The van der Waals surface area contributed by atoms with Gasteiger partial charge in [-0.05, 0) is 17.7 Å². The van der Waals surface area contributed by atoms with Gasteiger partial charge in [-0.15, -0.1) is 0 Å². The smallest absolute Gasteiger partial charge is 0.352 e. The van der Waals surface area contributed by atoms with Crippen LogP contribution in [0.25, 0.3) is 22.0 Å². The van der Waals surface area contributed by atoms with E-state index in [0.29, 0.717) is 22.2 Å². The number of carbonyl (C=O) groups excluding carboxylic acids is 1. The fraction of sp³-hybridized carbons (Fsp3) is 0.0588. The Kier molecular flexibility index (Phi) is 3.94. The average Bonchev–Trinajstić information content (AvgIpc) is 2.93. The Morgan fingerprint density at radius 2 is 1.92 bits per heavy atom.